The van der Waals surface area contributed by atoms with E-state index in [1.54, 1.807) is 0 Å². The molecule has 0 saturated carbocycles. The minimum atomic E-state index is -0.451. The molecule has 0 bridgehead atoms. The van der Waals surface area contributed by atoms with Crippen molar-refractivity contribution in [1.82, 2.24) is 4.37 Å². The number of nitrogens with one attached hydrogen (secondary N) is 1. The SMILES string of the molecule is CCC1(CC)CC(Nc2snc(N)c2C(=O)OC)CCO1. The number of aromatic nitrogens is 1. The largest absolute Gasteiger partial charge is 0.465 e. The van der Waals surface area contributed by atoms with E-state index in [1.807, 2.05) is 0 Å². The highest BCUT2D eigenvalue weighted by molar-refractivity contribution is 7.11. The lowest BCUT2D eigenvalue weighted by molar-refractivity contribution is -0.0864. The Hall–Kier alpha value is -1.34. The van der Waals surface area contributed by atoms with Gasteiger partial charge in [-0.1, -0.05) is 13.8 Å². The van der Waals surface area contributed by atoms with Gasteiger partial charge in [-0.25, -0.2) is 4.79 Å². The Balaban J connectivity index is 2.13. The molecule has 1 fully saturated rings. The second kappa shape index (κ2) is 6.62. The van der Waals surface area contributed by atoms with E-state index in [2.05, 4.69) is 23.5 Å². The molecule has 118 valence electrons. The van der Waals surface area contributed by atoms with Crippen molar-refractivity contribution in [2.75, 3.05) is 24.8 Å². The average molecular weight is 313 g/mol. The normalized spacial score (nSPS) is 21.0. The number of ether oxygens (including phenoxy) is 2. The van der Waals surface area contributed by atoms with Gasteiger partial charge in [-0.2, -0.15) is 4.37 Å². The minimum Gasteiger partial charge on any atom is -0.465 e. The van der Waals surface area contributed by atoms with Crippen molar-refractivity contribution < 1.29 is 14.3 Å². The lowest BCUT2D eigenvalue weighted by Crippen LogP contribution is -2.43. The fourth-order valence-electron chi connectivity index (χ4n) is 2.78. The van der Waals surface area contributed by atoms with Crippen molar-refractivity contribution in [3.8, 4) is 0 Å². The number of anilines is 2. The first-order chi connectivity index (χ1) is 10.0. The molecule has 1 aliphatic rings. The molecule has 1 atom stereocenters. The molecule has 0 aliphatic carbocycles. The first kappa shape index (κ1) is 16.0. The lowest BCUT2D eigenvalue weighted by atomic mass is 9.86. The maximum atomic E-state index is 11.8. The second-order valence-electron chi connectivity index (χ2n) is 5.34. The van der Waals surface area contributed by atoms with Crippen molar-refractivity contribution in [3.05, 3.63) is 5.56 Å². The molecule has 0 radical (unpaired) electrons. The monoisotopic (exact) mass is 313 g/mol. The molecule has 21 heavy (non-hydrogen) atoms. The second-order valence-corrected chi connectivity index (χ2v) is 6.11. The van der Waals surface area contributed by atoms with E-state index in [1.165, 1.54) is 18.6 Å². The molecule has 3 N–H and O–H groups in total. The Kier molecular flexibility index (Phi) is 5.05. The Morgan fingerprint density at radius 3 is 2.90 bits per heavy atom. The van der Waals surface area contributed by atoms with Crippen LogP contribution in [0.1, 0.15) is 49.9 Å². The molecule has 1 aromatic rings. The molecule has 1 unspecified atom stereocenters. The van der Waals surface area contributed by atoms with Crippen LogP contribution in [0.2, 0.25) is 0 Å². The smallest absolute Gasteiger partial charge is 0.344 e. The predicted molar refractivity (Wildman–Crippen MR) is 83.8 cm³/mol. The van der Waals surface area contributed by atoms with Gasteiger partial charge in [0, 0.05) is 12.6 Å². The van der Waals surface area contributed by atoms with Crippen LogP contribution >= 0.6 is 11.5 Å². The number of esters is 1. The standard InChI is InChI=1S/C14H23N3O3S/c1-4-14(5-2)8-9(6-7-20-14)16-12-10(13(18)19-3)11(15)17-21-12/h9,16H,4-8H2,1-3H3,(H2,15,17). The van der Waals surface area contributed by atoms with Crippen molar-refractivity contribution in [1.29, 1.82) is 0 Å². The fourth-order valence-corrected chi connectivity index (χ4v) is 3.56. The summed E-state index contributed by atoms with van der Waals surface area (Å²) in [6.07, 6.45) is 3.78. The maximum Gasteiger partial charge on any atom is 0.344 e. The summed E-state index contributed by atoms with van der Waals surface area (Å²) in [5.41, 5.74) is 6.03. The Bertz CT molecular complexity index is 500. The van der Waals surface area contributed by atoms with Gasteiger partial charge in [0.25, 0.3) is 0 Å². The molecule has 0 amide bonds. The Morgan fingerprint density at radius 1 is 1.57 bits per heavy atom. The van der Waals surface area contributed by atoms with E-state index in [0.29, 0.717) is 10.6 Å². The van der Waals surface area contributed by atoms with Crippen LogP contribution in [0.25, 0.3) is 0 Å². The van der Waals surface area contributed by atoms with Crippen LogP contribution in [-0.2, 0) is 9.47 Å². The van der Waals surface area contributed by atoms with Crippen molar-refractivity contribution in [2.24, 2.45) is 0 Å². The molecular weight excluding hydrogens is 290 g/mol. The van der Waals surface area contributed by atoms with E-state index >= 15 is 0 Å². The number of carbonyl (C=O) groups excluding carboxylic acids is 1. The molecule has 1 aliphatic heterocycles. The lowest BCUT2D eigenvalue weighted by Gasteiger charge is -2.40. The number of nitrogen functional groups attached to an aromatic ring is 1. The average Bonchev–Trinajstić information content (AvgIpc) is 2.87. The Morgan fingerprint density at radius 2 is 2.29 bits per heavy atom. The van der Waals surface area contributed by atoms with Gasteiger partial charge in [0.2, 0.25) is 0 Å². The zero-order chi connectivity index (χ0) is 15.5. The number of carbonyl (C=O) groups is 1. The highest BCUT2D eigenvalue weighted by Gasteiger charge is 2.35. The summed E-state index contributed by atoms with van der Waals surface area (Å²) in [6, 6.07) is 0.252. The first-order valence-corrected chi connectivity index (χ1v) is 8.06. The summed E-state index contributed by atoms with van der Waals surface area (Å²) in [4.78, 5) is 11.8. The fraction of sp³-hybridized carbons (Fsp3) is 0.714. The topological polar surface area (TPSA) is 86.5 Å². The third kappa shape index (κ3) is 3.29. The maximum absolute atomic E-state index is 11.8. The van der Waals surface area contributed by atoms with Crippen LogP contribution < -0.4 is 11.1 Å². The number of methoxy groups -OCH3 is 1. The zero-order valence-electron chi connectivity index (χ0n) is 12.8. The molecule has 0 aromatic carbocycles. The number of hydrogen-bond donors (Lipinski definition) is 2. The summed E-state index contributed by atoms with van der Waals surface area (Å²) >= 11 is 1.20. The summed E-state index contributed by atoms with van der Waals surface area (Å²) in [6.45, 7) is 5.02. The van der Waals surface area contributed by atoms with Gasteiger partial charge in [0.1, 0.15) is 10.6 Å². The van der Waals surface area contributed by atoms with E-state index < -0.39 is 5.97 Å². The summed E-state index contributed by atoms with van der Waals surface area (Å²) < 4.78 is 14.8. The predicted octanol–water partition coefficient (Wildman–Crippen LogP) is 2.66. The third-order valence-electron chi connectivity index (χ3n) is 4.22. The molecule has 2 heterocycles. The summed E-state index contributed by atoms with van der Waals surface area (Å²) in [7, 11) is 1.34. The van der Waals surface area contributed by atoms with Gasteiger partial charge < -0.3 is 20.5 Å². The molecule has 0 spiro atoms. The van der Waals surface area contributed by atoms with Crippen LogP contribution in [-0.4, -0.2) is 35.7 Å². The van der Waals surface area contributed by atoms with E-state index in [0.717, 1.165) is 32.3 Å². The van der Waals surface area contributed by atoms with Crippen LogP contribution in [0.3, 0.4) is 0 Å². The molecule has 2 rings (SSSR count). The molecular formula is C14H23N3O3S. The molecule has 6 nitrogen and oxygen atoms in total. The van der Waals surface area contributed by atoms with Gasteiger partial charge in [-0.15, -0.1) is 0 Å². The van der Waals surface area contributed by atoms with Crippen LogP contribution in [0, 0.1) is 0 Å². The minimum absolute atomic E-state index is 0.0718. The highest BCUT2D eigenvalue weighted by atomic mass is 32.1. The first-order valence-electron chi connectivity index (χ1n) is 7.29. The highest BCUT2D eigenvalue weighted by Crippen LogP contribution is 2.35. The van der Waals surface area contributed by atoms with Crippen molar-refractivity contribution >= 4 is 28.3 Å². The summed E-state index contributed by atoms with van der Waals surface area (Å²) in [5.74, 6) is -0.230. The number of rotatable bonds is 5. The number of nitrogens with two attached hydrogens (primary N) is 1. The molecule has 1 saturated heterocycles. The van der Waals surface area contributed by atoms with Gasteiger partial charge in [-0.05, 0) is 37.2 Å². The van der Waals surface area contributed by atoms with E-state index in [9.17, 15) is 4.79 Å². The van der Waals surface area contributed by atoms with Crippen LogP contribution in [0.4, 0.5) is 10.8 Å². The van der Waals surface area contributed by atoms with Crippen molar-refractivity contribution in [2.45, 2.75) is 51.2 Å². The number of nitrogens with zero attached hydrogens (tertiary/aromatic N) is 1. The van der Waals surface area contributed by atoms with Crippen LogP contribution in [0.5, 0.6) is 0 Å². The van der Waals surface area contributed by atoms with Gasteiger partial charge in [0.15, 0.2) is 5.82 Å². The Labute approximate surface area is 129 Å². The van der Waals surface area contributed by atoms with E-state index in [-0.39, 0.29) is 17.5 Å². The van der Waals surface area contributed by atoms with Crippen LogP contribution in [0.15, 0.2) is 0 Å². The quantitative estimate of drug-likeness (QED) is 0.813. The van der Waals surface area contributed by atoms with Gasteiger partial charge in [0.05, 0.1) is 12.7 Å². The summed E-state index contributed by atoms with van der Waals surface area (Å²) in [5, 5.41) is 4.09. The number of hydrogen-bond acceptors (Lipinski definition) is 7. The molecule has 7 heteroatoms. The van der Waals surface area contributed by atoms with Gasteiger partial charge >= 0.3 is 5.97 Å². The van der Waals surface area contributed by atoms with Gasteiger partial charge in [-0.3, -0.25) is 0 Å². The zero-order valence-corrected chi connectivity index (χ0v) is 13.6. The molecule has 1 aromatic heterocycles. The van der Waals surface area contributed by atoms with Crippen molar-refractivity contribution in [3.63, 3.8) is 0 Å². The van der Waals surface area contributed by atoms with E-state index in [4.69, 9.17) is 15.2 Å². The third-order valence-corrected chi connectivity index (χ3v) is 5.02.